The van der Waals surface area contributed by atoms with Gasteiger partial charge in [-0.05, 0) is 112 Å². The van der Waals surface area contributed by atoms with E-state index in [0.29, 0.717) is 17.9 Å². The molecule has 1 aliphatic heterocycles. The first-order chi connectivity index (χ1) is 18.0. The van der Waals surface area contributed by atoms with Crippen molar-refractivity contribution in [2.24, 2.45) is 17.3 Å². The highest BCUT2D eigenvalue weighted by Crippen LogP contribution is 2.47. The van der Waals surface area contributed by atoms with E-state index in [-0.39, 0.29) is 23.2 Å². The van der Waals surface area contributed by atoms with Crippen molar-refractivity contribution in [1.29, 1.82) is 0 Å². The van der Waals surface area contributed by atoms with Crippen molar-refractivity contribution >= 4 is 5.91 Å². The monoisotopic (exact) mass is 520 g/mol. The number of benzene rings is 1. The molecule has 1 aromatic rings. The summed E-state index contributed by atoms with van der Waals surface area (Å²) in [5, 5.41) is 0. The van der Waals surface area contributed by atoms with Gasteiger partial charge in [-0.3, -0.25) is 4.79 Å². The Kier molecular flexibility index (Phi) is 8.89. The minimum absolute atomic E-state index is 0.143. The summed E-state index contributed by atoms with van der Waals surface area (Å²) in [4.78, 5) is 18.0. The maximum Gasteiger partial charge on any atom is 0.228 e. The van der Waals surface area contributed by atoms with Crippen molar-refractivity contribution in [2.45, 2.75) is 105 Å². The number of rotatable bonds is 8. The number of allylic oxidation sites excluding steroid dienone is 6. The smallest absolute Gasteiger partial charge is 0.228 e. The van der Waals surface area contributed by atoms with Crippen LogP contribution in [-0.4, -0.2) is 40.9 Å². The van der Waals surface area contributed by atoms with Gasteiger partial charge in [0.1, 0.15) is 5.82 Å². The Morgan fingerprint density at radius 3 is 2.39 bits per heavy atom. The molecule has 1 saturated carbocycles. The zero-order chi connectivity index (χ0) is 27.6. The number of halogens is 1. The van der Waals surface area contributed by atoms with Gasteiger partial charge in [-0.1, -0.05) is 52.0 Å². The van der Waals surface area contributed by atoms with Crippen LogP contribution in [0, 0.1) is 23.1 Å². The summed E-state index contributed by atoms with van der Waals surface area (Å²) in [5.74, 6) is 1.30. The molecule has 4 heteroatoms. The highest BCUT2D eigenvalue weighted by molar-refractivity contribution is 5.82. The second-order valence-corrected chi connectivity index (χ2v) is 13.1. The number of amides is 1. The second-order valence-electron chi connectivity index (χ2n) is 13.1. The maximum absolute atomic E-state index is 13.6. The molecular weight excluding hydrogens is 471 g/mol. The summed E-state index contributed by atoms with van der Waals surface area (Å²) in [6.07, 6.45) is 12.7. The number of unbranched alkanes of at least 4 members (excludes halogenated alkanes) is 1. The lowest BCUT2D eigenvalue weighted by molar-refractivity contribution is -0.145. The fourth-order valence-electron chi connectivity index (χ4n) is 6.43. The van der Waals surface area contributed by atoms with E-state index >= 15 is 0 Å². The molecule has 1 unspecified atom stereocenters. The molecule has 0 N–H and O–H groups in total. The Labute approximate surface area is 230 Å². The summed E-state index contributed by atoms with van der Waals surface area (Å²) >= 11 is 0. The van der Waals surface area contributed by atoms with Gasteiger partial charge in [-0.15, -0.1) is 0 Å². The van der Waals surface area contributed by atoms with Crippen molar-refractivity contribution in [3.63, 3.8) is 0 Å². The highest BCUT2D eigenvalue weighted by atomic mass is 19.1. The van der Waals surface area contributed by atoms with Crippen LogP contribution >= 0.6 is 0 Å². The third-order valence-corrected chi connectivity index (χ3v) is 8.51. The lowest BCUT2D eigenvalue weighted by Crippen LogP contribution is -2.59. The molecule has 2 fully saturated rings. The minimum Gasteiger partial charge on any atom is -0.368 e. The van der Waals surface area contributed by atoms with Crippen molar-refractivity contribution in [2.75, 3.05) is 13.1 Å². The molecule has 1 amide bonds. The molecule has 3 atom stereocenters. The summed E-state index contributed by atoms with van der Waals surface area (Å²) in [5.41, 5.74) is 6.79. The summed E-state index contributed by atoms with van der Waals surface area (Å²) in [7, 11) is 0. The zero-order valence-electron chi connectivity index (χ0n) is 24.8. The van der Waals surface area contributed by atoms with Gasteiger partial charge in [0.05, 0.1) is 0 Å². The maximum atomic E-state index is 13.6. The average molecular weight is 521 g/mol. The van der Waals surface area contributed by atoms with Gasteiger partial charge < -0.3 is 9.80 Å². The van der Waals surface area contributed by atoms with Crippen LogP contribution < -0.4 is 0 Å². The Balaban J connectivity index is 1.57. The molecule has 208 valence electrons. The van der Waals surface area contributed by atoms with Gasteiger partial charge in [-0.25, -0.2) is 4.39 Å². The number of carbonyl (C=O) groups is 1. The van der Waals surface area contributed by atoms with Crippen LogP contribution in [-0.2, 0) is 11.2 Å². The van der Waals surface area contributed by atoms with Gasteiger partial charge in [0.2, 0.25) is 5.91 Å². The van der Waals surface area contributed by atoms with Crippen molar-refractivity contribution in [3.8, 4) is 0 Å². The first-order valence-corrected chi connectivity index (χ1v) is 14.9. The summed E-state index contributed by atoms with van der Waals surface area (Å²) in [6, 6.07) is 7.52. The van der Waals surface area contributed by atoms with E-state index in [1.807, 2.05) is 32.9 Å². The highest BCUT2D eigenvalue weighted by Gasteiger charge is 2.40. The largest absolute Gasteiger partial charge is 0.368 e. The van der Waals surface area contributed by atoms with Gasteiger partial charge in [0.15, 0.2) is 0 Å². The van der Waals surface area contributed by atoms with Gasteiger partial charge in [0, 0.05) is 36.3 Å². The van der Waals surface area contributed by atoms with Crippen LogP contribution in [0.2, 0.25) is 0 Å². The molecule has 4 rings (SSSR count). The SMILES string of the molecule is C/C=C(\C1=C(N2C[C@@H](C)N(C(=O)C(C)(C)C)C[C@@H]2C)CC(C)C=C1CCCCc1cccc(F)c1)C1CC1. The first kappa shape index (κ1) is 28.6. The molecule has 0 aromatic heterocycles. The van der Waals surface area contributed by atoms with Crippen LogP contribution in [0.15, 0.2) is 58.8 Å². The molecule has 1 aromatic carbocycles. The molecule has 1 saturated heterocycles. The molecule has 3 nitrogen and oxygen atoms in total. The number of aryl methyl sites for hydroxylation is 1. The normalized spacial score (nSPS) is 25.1. The number of hydrogen-bond acceptors (Lipinski definition) is 2. The van der Waals surface area contributed by atoms with Crippen molar-refractivity contribution in [3.05, 3.63) is 70.2 Å². The Bertz CT molecular complexity index is 1100. The van der Waals surface area contributed by atoms with Gasteiger partial charge >= 0.3 is 0 Å². The Morgan fingerprint density at radius 1 is 1.05 bits per heavy atom. The molecule has 0 radical (unpaired) electrons. The quantitative estimate of drug-likeness (QED) is 0.324. The van der Waals surface area contributed by atoms with Crippen LogP contribution in [0.1, 0.15) is 92.6 Å². The van der Waals surface area contributed by atoms with E-state index < -0.39 is 0 Å². The predicted octanol–water partition coefficient (Wildman–Crippen LogP) is 8.08. The Morgan fingerprint density at radius 2 is 1.76 bits per heavy atom. The third-order valence-electron chi connectivity index (χ3n) is 8.51. The van der Waals surface area contributed by atoms with Gasteiger partial charge in [0.25, 0.3) is 0 Å². The molecular formula is C34H49FN2O. The number of piperazine rings is 1. The van der Waals surface area contributed by atoms with E-state index in [1.54, 1.807) is 6.07 Å². The lowest BCUT2D eigenvalue weighted by atomic mass is 9.80. The van der Waals surface area contributed by atoms with E-state index in [2.05, 4.69) is 49.6 Å². The third kappa shape index (κ3) is 6.61. The van der Waals surface area contributed by atoms with Crippen molar-refractivity contribution in [1.82, 2.24) is 9.80 Å². The van der Waals surface area contributed by atoms with Crippen molar-refractivity contribution < 1.29 is 9.18 Å². The van der Waals surface area contributed by atoms with Crippen LogP contribution in [0.5, 0.6) is 0 Å². The topological polar surface area (TPSA) is 23.6 Å². The van der Waals surface area contributed by atoms with Crippen LogP contribution in [0.3, 0.4) is 0 Å². The van der Waals surface area contributed by atoms with E-state index in [0.717, 1.165) is 50.8 Å². The molecule has 3 aliphatic rings. The van der Waals surface area contributed by atoms with E-state index in [1.165, 1.54) is 41.3 Å². The Hall–Kier alpha value is -2.36. The number of carbonyl (C=O) groups excluding carboxylic acids is 1. The lowest BCUT2D eigenvalue weighted by Gasteiger charge is -2.49. The first-order valence-electron chi connectivity index (χ1n) is 14.9. The second kappa shape index (κ2) is 11.8. The molecule has 0 spiro atoms. The summed E-state index contributed by atoms with van der Waals surface area (Å²) < 4.78 is 13.6. The average Bonchev–Trinajstić information content (AvgIpc) is 3.69. The zero-order valence-corrected chi connectivity index (χ0v) is 24.8. The summed E-state index contributed by atoms with van der Waals surface area (Å²) in [6.45, 7) is 16.8. The molecule has 2 aliphatic carbocycles. The standard InChI is InChI=1S/C34H49FN2O/c1-8-30(27-16-17-27)32-28(14-10-9-12-26-13-11-15-29(35)20-26)18-23(2)19-31(32)36-21-25(4)37(22-24(36)3)33(38)34(5,6)7/h8,11,13,15,18,20,23-25,27H,9-10,12,14,16-17,19,21-22H2,1-7H3/b30-8-/t23?,24-,25+/m0/s1. The number of hydrogen-bond donors (Lipinski definition) is 0. The minimum atomic E-state index is -0.356. The van der Waals surface area contributed by atoms with Crippen LogP contribution in [0.25, 0.3) is 0 Å². The molecule has 0 bridgehead atoms. The predicted molar refractivity (Wildman–Crippen MR) is 156 cm³/mol. The molecule has 1 heterocycles. The molecule has 38 heavy (non-hydrogen) atoms. The van der Waals surface area contributed by atoms with E-state index in [9.17, 15) is 9.18 Å². The fraction of sp³-hybridized carbons (Fsp3) is 0.618. The number of nitrogens with zero attached hydrogens (tertiary/aromatic N) is 2. The van der Waals surface area contributed by atoms with E-state index in [4.69, 9.17) is 0 Å². The van der Waals surface area contributed by atoms with Crippen LogP contribution in [0.4, 0.5) is 4.39 Å². The fourth-order valence-corrected chi connectivity index (χ4v) is 6.43. The van der Waals surface area contributed by atoms with Gasteiger partial charge in [-0.2, -0.15) is 0 Å².